The number of hydrogen-bond acceptors (Lipinski definition) is 6. The van der Waals surface area contributed by atoms with Crippen molar-refractivity contribution in [3.05, 3.63) is 60.2 Å². The second kappa shape index (κ2) is 10.1. The molecule has 1 N–H and O–H groups in total. The molecule has 0 amide bonds. The van der Waals surface area contributed by atoms with Crippen LogP contribution in [0.15, 0.2) is 53.7 Å². The minimum atomic E-state index is -1.66. The Balaban J connectivity index is 1.75. The molecule has 0 radical (unpaired) electrons. The van der Waals surface area contributed by atoms with Crippen LogP contribution in [0.25, 0.3) is 6.08 Å². The van der Waals surface area contributed by atoms with E-state index in [0.717, 1.165) is 5.56 Å². The van der Waals surface area contributed by atoms with Crippen LogP contribution in [0.2, 0.25) is 0 Å². The summed E-state index contributed by atoms with van der Waals surface area (Å²) >= 11 is 1.19. The van der Waals surface area contributed by atoms with E-state index in [-0.39, 0.29) is 18.2 Å². The van der Waals surface area contributed by atoms with Gasteiger partial charge in [-0.3, -0.25) is 4.98 Å². The Bertz CT molecular complexity index is 795. The predicted octanol–water partition coefficient (Wildman–Crippen LogP) is 3.72. The first-order valence-electron chi connectivity index (χ1n) is 8.34. The molecule has 1 aromatic carbocycles. The van der Waals surface area contributed by atoms with Crippen molar-refractivity contribution in [1.82, 2.24) is 4.98 Å². The van der Waals surface area contributed by atoms with E-state index < -0.39 is 11.6 Å². The molecule has 1 unspecified atom stereocenters. The fourth-order valence-corrected chi connectivity index (χ4v) is 3.01. The Morgan fingerprint density at radius 2 is 2.19 bits per heavy atom. The number of ether oxygens (including phenoxy) is 2. The average molecular weight is 391 g/mol. The highest BCUT2D eigenvalue weighted by Gasteiger charge is 2.32. The SMILES string of the molecule is COc1cncc(/C=C/CCOC(=O)C(C)(O)CSc2cccc(F)c2)c1. The Kier molecular flexibility index (Phi) is 7.82. The van der Waals surface area contributed by atoms with Crippen molar-refractivity contribution < 1.29 is 23.8 Å². The Morgan fingerprint density at radius 1 is 1.37 bits per heavy atom. The van der Waals surface area contributed by atoms with Crippen molar-refractivity contribution >= 4 is 23.8 Å². The molecule has 1 atom stereocenters. The van der Waals surface area contributed by atoms with Gasteiger partial charge in [-0.25, -0.2) is 9.18 Å². The van der Waals surface area contributed by atoms with Crippen LogP contribution < -0.4 is 4.74 Å². The molecule has 2 rings (SSSR count). The van der Waals surface area contributed by atoms with Crippen LogP contribution in [0.1, 0.15) is 18.9 Å². The van der Waals surface area contributed by atoms with Crippen LogP contribution in [0.5, 0.6) is 5.75 Å². The van der Waals surface area contributed by atoms with E-state index >= 15 is 0 Å². The van der Waals surface area contributed by atoms with Crippen molar-refractivity contribution in [3.63, 3.8) is 0 Å². The molecular weight excluding hydrogens is 369 g/mol. The molecule has 144 valence electrons. The summed E-state index contributed by atoms with van der Waals surface area (Å²) < 4.78 is 23.4. The number of esters is 1. The maximum absolute atomic E-state index is 13.2. The summed E-state index contributed by atoms with van der Waals surface area (Å²) in [5, 5.41) is 10.3. The van der Waals surface area contributed by atoms with Gasteiger partial charge < -0.3 is 14.6 Å². The lowest BCUT2D eigenvalue weighted by Gasteiger charge is -2.20. The van der Waals surface area contributed by atoms with Gasteiger partial charge in [-0.2, -0.15) is 0 Å². The van der Waals surface area contributed by atoms with Gasteiger partial charge in [0, 0.05) is 16.8 Å². The monoisotopic (exact) mass is 391 g/mol. The Morgan fingerprint density at radius 3 is 2.93 bits per heavy atom. The highest BCUT2D eigenvalue weighted by Crippen LogP contribution is 2.24. The number of hydrogen-bond donors (Lipinski definition) is 1. The van der Waals surface area contributed by atoms with Crippen LogP contribution in [0, 0.1) is 5.82 Å². The molecular formula is C20H22FNO4S. The minimum absolute atomic E-state index is 0.0700. The molecule has 0 spiro atoms. The molecule has 0 bridgehead atoms. The normalized spacial score (nSPS) is 13.3. The summed E-state index contributed by atoms with van der Waals surface area (Å²) in [6.07, 6.45) is 7.50. The zero-order valence-electron chi connectivity index (χ0n) is 15.2. The average Bonchev–Trinajstić information content (AvgIpc) is 2.66. The third-order valence-corrected chi connectivity index (χ3v) is 4.85. The van der Waals surface area contributed by atoms with Crippen molar-refractivity contribution in [2.45, 2.75) is 23.8 Å². The molecule has 0 saturated heterocycles. The highest BCUT2D eigenvalue weighted by molar-refractivity contribution is 7.99. The number of methoxy groups -OCH3 is 1. The summed E-state index contributed by atoms with van der Waals surface area (Å²) in [4.78, 5) is 16.7. The summed E-state index contributed by atoms with van der Waals surface area (Å²) in [5.41, 5.74) is -0.781. The van der Waals surface area contributed by atoms with E-state index in [0.29, 0.717) is 17.1 Å². The van der Waals surface area contributed by atoms with E-state index in [1.165, 1.54) is 30.8 Å². The number of nitrogens with zero attached hydrogens (tertiary/aromatic N) is 1. The number of carbonyl (C=O) groups excluding carboxylic acids is 1. The van der Waals surface area contributed by atoms with Crippen LogP contribution in [-0.2, 0) is 9.53 Å². The van der Waals surface area contributed by atoms with Gasteiger partial charge in [0.25, 0.3) is 0 Å². The van der Waals surface area contributed by atoms with Gasteiger partial charge in [-0.15, -0.1) is 11.8 Å². The third-order valence-electron chi connectivity index (χ3n) is 3.55. The summed E-state index contributed by atoms with van der Waals surface area (Å²) in [7, 11) is 1.57. The van der Waals surface area contributed by atoms with Crippen LogP contribution in [0.4, 0.5) is 4.39 Å². The zero-order chi connectivity index (χ0) is 19.7. The van der Waals surface area contributed by atoms with E-state index in [1.807, 2.05) is 18.2 Å². The van der Waals surface area contributed by atoms with Crippen LogP contribution in [-0.4, -0.2) is 41.1 Å². The summed E-state index contributed by atoms with van der Waals surface area (Å²) in [6, 6.07) is 7.82. The number of aliphatic hydroxyl groups is 1. The number of rotatable bonds is 9. The second-order valence-electron chi connectivity index (χ2n) is 6.00. The maximum Gasteiger partial charge on any atom is 0.338 e. The van der Waals surface area contributed by atoms with Crippen molar-refractivity contribution in [2.75, 3.05) is 19.5 Å². The van der Waals surface area contributed by atoms with Gasteiger partial charge in [-0.05, 0) is 43.2 Å². The molecule has 1 heterocycles. The smallest absolute Gasteiger partial charge is 0.338 e. The quantitative estimate of drug-likeness (QED) is 0.399. The van der Waals surface area contributed by atoms with Gasteiger partial charge in [0.1, 0.15) is 11.6 Å². The molecule has 0 aliphatic carbocycles. The van der Waals surface area contributed by atoms with Crippen LogP contribution >= 0.6 is 11.8 Å². The zero-order valence-corrected chi connectivity index (χ0v) is 16.0. The van der Waals surface area contributed by atoms with Gasteiger partial charge in [-0.1, -0.05) is 18.2 Å². The van der Waals surface area contributed by atoms with Gasteiger partial charge in [0.15, 0.2) is 5.60 Å². The highest BCUT2D eigenvalue weighted by atomic mass is 32.2. The summed E-state index contributed by atoms with van der Waals surface area (Å²) in [6.45, 7) is 1.53. The first-order chi connectivity index (χ1) is 12.9. The summed E-state index contributed by atoms with van der Waals surface area (Å²) in [5.74, 6) is -0.334. The number of carbonyl (C=O) groups is 1. The minimum Gasteiger partial charge on any atom is -0.495 e. The topological polar surface area (TPSA) is 68.7 Å². The molecule has 0 aliphatic rings. The van der Waals surface area contributed by atoms with Gasteiger partial charge in [0.2, 0.25) is 0 Å². The number of halogens is 1. The van der Waals surface area contributed by atoms with E-state index in [4.69, 9.17) is 9.47 Å². The number of benzene rings is 1. The molecule has 2 aromatic rings. The number of aromatic nitrogens is 1. The standard InChI is InChI=1S/C20H22FNO4S/c1-20(24,14-27-18-8-5-7-16(21)11-18)19(23)26-9-4-3-6-15-10-17(25-2)13-22-12-15/h3,5-8,10-13,24H,4,9,14H2,1-2H3/b6-3+. The van der Waals surface area contributed by atoms with Crippen molar-refractivity contribution in [2.24, 2.45) is 0 Å². The molecule has 0 fully saturated rings. The first kappa shape index (κ1) is 20.9. The van der Waals surface area contributed by atoms with Crippen molar-refractivity contribution in [3.8, 4) is 5.75 Å². The van der Waals surface area contributed by atoms with Gasteiger partial charge >= 0.3 is 5.97 Å². The van der Waals surface area contributed by atoms with E-state index in [1.54, 1.807) is 31.6 Å². The first-order valence-corrected chi connectivity index (χ1v) is 9.33. The second-order valence-corrected chi connectivity index (χ2v) is 7.05. The van der Waals surface area contributed by atoms with Gasteiger partial charge in [0.05, 0.1) is 19.9 Å². The fourth-order valence-electron chi connectivity index (χ4n) is 2.07. The van der Waals surface area contributed by atoms with Crippen LogP contribution in [0.3, 0.4) is 0 Å². The molecule has 27 heavy (non-hydrogen) atoms. The lowest BCUT2D eigenvalue weighted by atomic mass is 10.1. The van der Waals surface area contributed by atoms with E-state index in [9.17, 15) is 14.3 Å². The Hall–Kier alpha value is -2.38. The molecule has 5 nitrogen and oxygen atoms in total. The molecule has 7 heteroatoms. The predicted molar refractivity (Wildman–Crippen MR) is 103 cm³/mol. The number of pyridine rings is 1. The lowest BCUT2D eigenvalue weighted by molar-refractivity contribution is -0.161. The Labute approximate surface area is 162 Å². The van der Waals surface area contributed by atoms with E-state index in [2.05, 4.69) is 4.98 Å². The third kappa shape index (κ3) is 7.03. The molecule has 1 aromatic heterocycles. The molecule has 0 aliphatic heterocycles. The number of thioether (sulfide) groups is 1. The lowest BCUT2D eigenvalue weighted by Crippen LogP contribution is -2.39. The van der Waals surface area contributed by atoms with Crippen molar-refractivity contribution in [1.29, 1.82) is 0 Å². The molecule has 0 saturated carbocycles. The maximum atomic E-state index is 13.2. The fraction of sp³-hybridized carbons (Fsp3) is 0.300. The largest absolute Gasteiger partial charge is 0.495 e.